The summed E-state index contributed by atoms with van der Waals surface area (Å²) in [6.07, 6.45) is -1.72. The summed E-state index contributed by atoms with van der Waals surface area (Å²) in [4.78, 5) is 12.3. The van der Waals surface area contributed by atoms with Crippen LogP contribution in [0.3, 0.4) is 0 Å². The molecule has 1 aromatic carbocycles. The Kier molecular flexibility index (Phi) is 4.27. The lowest BCUT2D eigenvalue weighted by Crippen LogP contribution is -2.53. The molecule has 0 saturated heterocycles. The summed E-state index contributed by atoms with van der Waals surface area (Å²) in [5.74, 6) is -0.238. The highest BCUT2D eigenvalue weighted by molar-refractivity contribution is 5.98. The molecule has 1 fully saturated rings. The Bertz CT molecular complexity index is 530. The summed E-state index contributed by atoms with van der Waals surface area (Å²) in [5, 5.41) is 2.36. The molecule has 1 saturated carbocycles. The molecule has 0 aromatic heterocycles. The van der Waals surface area contributed by atoms with Crippen molar-refractivity contribution in [1.82, 2.24) is 0 Å². The number of anilines is 1. The summed E-state index contributed by atoms with van der Waals surface area (Å²) < 4.78 is 38.7. The third-order valence-electron chi connectivity index (χ3n) is 3.97. The van der Waals surface area contributed by atoms with Gasteiger partial charge >= 0.3 is 6.18 Å². The number of para-hydroxylation sites is 1. The van der Waals surface area contributed by atoms with Crippen molar-refractivity contribution < 1.29 is 18.0 Å². The van der Waals surface area contributed by atoms with Crippen molar-refractivity contribution in [3.8, 4) is 0 Å². The Balaban J connectivity index is 2.20. The third kappa shape index (κ3) is 3.56. The van der Waals surface area contributed by atoms with Crippen molar-refractivity contribution in [3.05, 3.63) is 29.8 Å². The third-order valence-corrected chi connectivity index (χ3v) is 3.97. The zero-order chi connectivity index (χ0) is 15.7. The van der Waals surface area contributed by atoms with Crippen molar-refractivity contribution >= 4 is 11.6 Å². The number of amides is 1. The molecule has 2 atom stereocenters. The summed E-state index contributed by atoms with van der Waals surface area (Å²) >= 11 is 0. The van der Waals surface area contributed by atoms with Crippen molar-refractivity contribution in [3.63, 3.8) is 0 Å². The van der Waals surface area contributed by atoms with E-state index in [1.54, 1.807) is 0 Å². The summed E-state index contributed by atoms with van der Waals surface area (Å²) in [5.41, 5.74) is 3.93. The van der Waals surface area contributed by atoms with Crippen LogP contribution in [0.15, 0.2) is 24.3 Å². The molecule has 6 heteroatoms. The second-order valence-electron chi connectivity index (χ2n) is 5.86. The molecule has 0 bridgehead atoms. The highest BCUT2D eigenvalue weighted by Crippen LogP contribution is 2.36. The number of benzene rings is 1. The molecule has 3 N–H and O–H groups in total. The zero-order valence-electron chi connectivity index (χ0n) is 11.8. The van der Waals surface area contributed by atoms with Gasteiger partial charge in [-0.15, -0.1) is 0 Å². The number of rotatable bonds is 2. The SMILES string of the molecule is CC1CCCC(N)(C(=O)Nc2ccccc2C(F)(F)F)C1. The lowest BCUT2D eigenvalue weighted by molar-refractivity contribution is -0.137. The van der Waals surface area contributed by atoms with Crippen LogP contribution in [0, 0.1) is 5.92 Å². The van der Waals surface area contributed by atoms with Crippen molar-refractivity contribution in [1.29, 1.82) is 0 Å². The van der Waals surface area contributed by atoms with E-state index in [-0.39, 0.29) is 5.69 Å². The van der Waals surface area contributed by atoms with Crippen LogP contribution >= 0.6 is 0 Å². The van der Waals surface area contributed by atoms with Crippen LogP contribution in [0.1, 0.15) is 38.2 Å². The van der Waals surface area contributed by atoms with E-state index in [1.807, 2.05) is 6.92 Å². The first-order valence-electron chi connectivity index (χ1n) is 6.99. The maximum Gasteiger partial charge on any atom is 0.418 e. The summed E-state index contributed by atoms with van der Waals surface area (Å²) in [6.45, 7) is 2.00. The Morgan fingerprint density at radius 2 is 2.05 bits per heavy atom. The number of nitrogens with one attached hydrogen (secondary N) is 1. The van der Waals surface area contributed by atoms with Crippen molar-refractivity contribution in [2.24, 2.45) is 11.7 Å². The van der Waals surface area contributed by atoms with Crippen LogP contribution in [0.4, 0.5) is 18.9 Å². The van der Waals surface area contributed by atoms with E-state index >= 15 is 0 Å². The normalized spacial score (nSPS) is 26.4. The Labute approximate surface area is 121 Å². The fraction of sp³-hybridized carbons (Fsp3) is 0.533. The largest absolute Gasteiger partial charge is 0.418 e. The van der Waals surface area contributed by atoms with E-state index in [4.69, 9.17) is 5.73 Å². The van der Waals surface area contributed by atoms with E-state index in [0.29, 0.717) is 18.8 Å². The molecule has 0 radical (unpaired) electrons. The highest BCUT2D eigenvalue weighted by atomic mass is 19.4. The molecule has 116 valence electrons. The van der Waals surface area contributed by atoms with Gasteiger partial charge in [-0.05, 0) is 30.9 Å². The number of hydrogen-bond donors (Lipinski definition) is 2. The fourth-order valence-electron chi connectivity index (χ4n) is 2.88. The number of hydrogen-bond acceptors (Lipinski definition) is 2. The fourth-order valence-corrected chi connectivity index (χ4v) is 2.88. The maximum absolute atomic E-state index is 12.9. The second kappa shape index (κ2) is 5.67. The molecular formula is C15H19F3N2O. The van der Waals surface area contributed by atoms with E-state index in [0.717, 1.165) is 18.9 Å². The smallest absolute Gasteiger partial charge is 0.324 e. The van der Waals surface area contributed by atoms with Crippen LogP contribution in [0.5, 0.6) is 0 Å². The van der Waals surface area contributed by atoms with Crippen LogP contribution in [0.2, 0.25) is 0 Å². The molecular weight excluding hydrogens is 281 g/mol. The van der Waals surface area contributed by atoms with Gasteiger partial charge in [0.15, 0.2) is 0 Å². The zero-order valence-corrected chi connectivity index (χ0v) is 11.8. The van der Waals surface area contributed by atoms with E-state index in [1.165, 1.54) is 18.2 Å². The van der Waals surface area contributed by atoms with Crippen LogP contribution < -0.4 is 11.1 Å². The van der Waals surface area contributed by atoms with Gasteiger partial charge in [0.1, 0.15) is 0 Å². The monoisotopic (exact) mass is 300 g/mol. The Hall–Kier alpha value is -1.56. The van der Waals surface area contributed by atoms with Crippen molar-refractivity contribution in [2.45, 2.75) is 44.3 Å². The predicted octanol–water partition coefficient (Wildman–Crippen LogP) is 3.55. The summed E-state index contributed by atoms with van der Waals surface area (Å²) in [7, 11) is 0. The highest BCUT2D eigenvalue weighted by Gasteiger charge is 2.39. The van der Waals surface area contributed by atoms with Gasteiger partial charge in [0.25, 0.3) is 0 Å². The molecule has 0 heterocycles. The topological polar surface area (TPSA) is 55.1 Å². The predicted molar refractivity (Wildman–Crippen MR) is 74.6 cm³/mol. The first-order valence-corrected chi connectivity index (χ1v) is 6.99. The average Bonchev–Trinajstić information content (AvgIpc) is 2.37. The van der Waals surface area contributed by atoms with E-state index in [2.05, 4.69) is 5.32 Å². The standard InChI is InChI=1S/C15H19F3N2O/c1-10-5-4-8-14(19,9-10)13(21)20-12-7-3-2-6-11(12)15(16,17)18/h2-3,6-7,10H,4-5,8-9,19H2,1H3,(H,20,21). The van der Waals surface area contributed by atoms with Gasteiger partial charge in [-0.1, -0.05) is 31.9 Å². The van der Waals surface area contributed by atoms with Crippen LogP contribution in [0.25, 0.3) is 0 Å². The molecule has 0 aliphatic heterocycles. The Morgan fingerprint density at radius 3 is 2.67 bits per heavy atom. The first kappa shape index (κ1) is 15.8. The minimum Gasteiger partial charge on any atom is -0.324 e. The van der Waals surface area contributed by atoms with Gasteiger partial charge in [0.05, 0.1) is 16.8 Å². The number of halogens is 3. The van der Waals surface area contributed by atoms with Gasteiger partial charge < -0.3 is 11.1 Å². The van der Waals surface area contributed by atoms with Gasteiger partial charge in [0, 0.05) is 0 Å². The molecule has 2 rings (SSSR count). The first-order chi connectivity index (χ1) is 9.72. The van der Waals surface area contributed by atoms with Gasteiger partial charge in [-0.25, -0.2) is 0 Å². The van der Waals surface area contributed by atoms with Crippen LogP contribution in [-0.4, -0.2) is 11.4 Å². The minimum atomic E-state index is -4.51. The van der Waals surface area contributed by atoms with Gasteiger partial charge in [-0.2, -0.15) is 13.2 Å². The van der Waals surface area contributed by atoms with E-state index in [9.17, 15) is 18.0 Å². The molecule has 21 heavy (non-hydrogen) atoms. The summed E-state index contributed by atoms with van der Waals surface area (Å²) in [6, 6.07) is 4.94. The molecule has 1 aliphatic carbocycles. The second-order valence-corrected chi connectivity index (χ2v) is 5.86. The molecule has 1 amide bonds. The minimum absolute atomic E-state index is 0.238. The molecule has 0 spiro atoms. The van der Waals surface area contributed by atoms with Crippen molar-refractivity contribution in [2.75, 3.05) is 5.32 Å². The number of alkyl halides is 3. The molecule has 1 aromatic rings. The molecule has 3 nitrogen and oxygen atoms in total. The van der Waals surface area contributed by atoms with E-state index < -0.39 is 23.2 Å². The number of carbonyl (C=O) groups excluding carboxylic acids is 1. The maximum atomic E-state index is 12.9. The number of carbonyl (C=O) groups is 1. The Morgan fingerprint density at radius 1 is 1.38 bits per heavy atom. The molecule has 2 unspecified atom stereocenters. The lowest BCUT2D eigenvalue weighted by atomic mass is 9.76. The molecule has 1 aliphatic rings. The lowest BCUT2D eigenvalue weighted by Gasteiger charge is -2.35. The van der Waals surface area contributed by atoms with Gasteiger partial charge in [0.2, 0.25) is 5.91 Å². The van der Waals surface area contributed by atoms with Crippen LogP contribution in [-0.2, 0) is 11.0 Å². The average molecular weight is 300 g/mol. The quantitative estimate of drug-likeness (QED) is 0.877. The van der Waals surface area contributed by atoms with Gasteiger partial charge in [-0.3, -0.25) is 4.79 Å². The number of nitrogens with two attached hydrogens (primary N) is 1.